The summed E-state index contributed by atoms with van der Waals surface area (Å²) in [5, 5.41) is 21.2. The minimum Gasteiger partial charge on any atom is -0.494 e. The predicted molar refractivity (Wildman–Crippen MR) is 255 cm³/mol. The molecule has 0 aliphatic carbocycles. The number of nitrogens with one attached hydrogen (secondary N) is 2. The van der Waals surface area contributed by atoms with E-state index in [1.807, 2.05) is 117 Å². The van der Waals surface area contributed by atoms with Gasteiger partial charge in [0, 0.05) is 32.9 Å². The van der Waals surface area contributed by atoms with Gasteiger partial charge in [-0.2, -0.15) is 0 Å². The van der Waals surface area contributed by atoms with Gasteiger partial charge in [-0.25, -0.2) is 9.98 Å². The quantitative estimate of drug-likeness (QED) is 0.0627. The summed E-state index contributed by atoms with van der Waals surface area (Å²) in [6.45, 7) is 11.3. The Balaban J connectivity index is 0.000000176. The molecule has 0 unspecified atom stereocenters. The van der Waals surface area contributed by atoms with Gasteiger partial charge < -0.3 is 25.1 Å². The number of benzene rings is 5. The van der Waals surface area contributed by atoms with Gasteiger partial charge in [0.1, 0.15) is 0 Å². The lowest BCUT2D eigenvalue weighted by Crippen LogP contribution is -2.24. The van der Waals surface area contributed by atoms with Crippen LogP contribution >= 0.6 is 11.8 Å². The number of unbranched alkanes of at least 4 members (excludes halogenated alkanes) is 1. The molecule has 0 fully saturated rings. The van der Waals surface area contributed by atoms with E-state index in [0.717, 1.165) is 70.1 Å². The summed E-state index contributed by atoms with van der Waals surface area (Å²) >= 11 is 1.67. The number of aromatic nitrogens is 2. The summed E-state index contributed by atoms with van der Waals surface area (Å²) in [6.07, 6.45) is 2.31. The highest BCUT2D eigenvalue weighted by molar-refractivity contribution is 7.99. The molecule has 2 aliphatic heterocycles. The third-order valence-electron chi connectivity index (χ3n) is 11.6. The van der Waals surface area contributed by atoms with Crippen LogP contribution in [0.4, 0.5) is 0 Å². The van der Waals surface area contributed by atoms with Gasteiger partial charge in [0.05, 0.1) is 45.1 Å². The number of rotatable bonds is 14. The lowest BCUT2D eigenvalue weighted by atomic mass is 9.97. The van der Waals surface area contributed by atoms with Crippen LogP contribution in [0.3, 0.4) is 0 Å². The number of carbonyl (C=O) groups excluding carboxylic acids is 3. The fraction of sp³-hybridized carbons (Fsp3) is 0.189. The van der Waals surface area contributed by atoms with Crippen molar-refractivity contribution in [3.8, 4) is 34.3 Å². The van der Waals surface area contributed by atoms with Crippen LogP contribution in [-0.4, -0.2) is 73.7 Å². The zero-order valence-electron chi connectivity index (χ0n) is 36.2. The molecule has 10 nitrogen and oxygen atoms in total. The van der Waals surface area contributed by atoms with Crippen molar-refractivity contribution < 1.29 is 24.6 Å². The van der Waals surface area contributed by atoms with E-state index in [1.54, 1.807) is 23.9 Å². The number of amides is 2. The van der Waals surface area contributed by atoms with Crippen LogP contribution < -0.4 is 0 Å². The van der Waals surface area contributed by atoms with Gasteiger partial charge in [-0.3, -0.25) is 14.4 Å². The van der Waals surface area contributed by atoms with E-state index in [1.165, 1.54) is 0 Å². The van der Waals surface area contributed by atoms with Crippen molar-refractivity contribution in [3.05, 3.63) is 177 Å². The average molecular weight is 868 g/mol. The second-order valence-corrected chi connectivity index (χ2v) is 17.0. The summed E-state index contributed by atoms with van der Waals surface area (Å²) in [4.78, 5) is 57.4. The molecule has 7 aromatic rings. The Morgan fingerprint density at radius 1 is 0.578 bits per heavy atom. The third-order valence-corrected chi connectivity index (χ3v) is 12.6. The van der Waals surface area contributed by atoms with E-state index in [0.29, 0.717) is 62.6 Å². The molecule has 0 saturated heterocycles. The number of fused-ring (bicyclic) bond motifs is 2. The number of aryl methyl sites for hydroxylation is 2. The highest BCUT2D eigenvalue weighted by Crippen LogP contribution is 2.40. The second kappa shape index (κ2) is 19.1. The Hall–Kier alpha value is -7.08. The molecule has 322 valence electrons. The molecule has 4 N–H and O–H groups in total. The van der Waals surface area contributed by atoms with Crippen LogP contribution in [0, 0.1) is 13.8 Å². The first kappa shape index (κ1) is 43.6. The van der Waals surface area contributed by atoms with E-state index in [9.17, 15) is 24.6 Å². The molecule has 9 rings (SSSR count). The summed E-state index contributed by atoms with van der Waals surface area (Å²) in [5.74, 6) is -0.784. The Morgan fingerprint density at radius 3 is 1.61 bits per heavy atom. The summed E-state index contributed by atoms with van der Waals surface area (Å²) in [7, 11) is 0. The van der Waals surface area contributed by atoms with Gasteiger partial charge in [-0.1, -0.05) is 134 Å². The normalized spacial score (nSPS) is 12.8. The SMILES string of the molecule is CCN(CC)CCCCC(=O)c1cccc(-c2[nH]c(O)c3c2C(=O)N=C3c2ccc(C)cc2)c1.Cc1ccc(C2=NC(=O)c3c(-c4ccc(Sc5ccccc5)cc4)[nH]c(O)c32)cc1. The number of ketones is 1. The minimum atomic E-state index is -0.398. The topological polar surface area (TPSA) is 151 Å². The van der Waals surface area contributed by atoms with Crippen molar-refractivity contribution in [2.24, 2.45) is 9.98 Å². The first-order valence-corrected chi connectivity index (χ1v) is 22.3. The van der Waals surface area contributed by atoms with Crippen LogP contribution in [0.2, 0.25) is 0 Å². The lowest BCUT2D eigenvalue weighted by Gasteiger charge is -2.17. The van der Waals surface area contributed by atoms with Crippen LogP contribution in [0.1, 0.15) is 97.6 Å². The Kier molecular flexibility index (Phi) is 13.0. The van der Waals surface area contributed by atoms with Crippen LogP contribution in [-0.2, 0) is 0 Å². The molecule has 5 aromatic carbocycles. The van der Waals surface area contributed by atoms with Crippen LogP contribution in [0.25, 0.3) is 22.5 Å². The van der Waals surface area contributed by atoms with Crippen molar-refractivity contribution >= 4 is 40.8 Å². The van der Waals surface area contributed by atoms with Gasteiger partial charge in [-0.05, 0) is 87.8 Å². The zero-order chi connectivity index (χ0) is 44.9. The molecule has 0 radical (unpaired) electrons. The van der Waals surface area contributed by atoms with Gasteiger partial charge in [0.2, 0.25) is 0 Å². The molecule has 11 heteroatoms. The molecular formula is C53H49N5O5S. The molecule has 0 atom stereocenters. The molecular weight excluding hydrogens is 819 g/mol. The number of aromatic hydroxyl groups is 2. The van der Waals surface area contributed by atoms with E-state index < -0.39 is 5.91 Å². The number of Topliss-reactive ketones (excluding diaryl/α,β-unsaturated/α-hetero) is 1. The number of carbonyl (C=O) groups is 3. The number of aliphatic imine (C=N–C) groups is 2. The smallest absolute Gasteiger partial charge is 0.280 e. The third kappa shape index (κ3) is 9.18. The standard InChI is InChI=1S/C28H31N3O3.C25H18N2O2S/c1-4-31(5-2)16-7-6-11-22(32)20-9-8-10-21(17-20)26-24-23(27(33)30-26)25(29-28(24)34)19-14-12-18(3)13-15-19;1-15-7-9-16(10-8-15)22-20-21(25(29)26-22)23(27-24(20)28)17-11-13-19(14-12-17)30-18-5-3-2-4-6-18/h8-10,12-15,17,30,33H,4-7,11,16H2,1-3H3;2-14,27-28H,1H3. The first-order chi connectivity index (χ1) is 31.0. The van der Waals surface area contributed by atoms with Crippen molar-refractivity contribution in [2.45, 2.75) is 56.7 Å². The van der Waals surface area contributed by atoms with E-state index in [-0.39, 0.29) is 23.5 Å². The maximum atomic E-state index is 12.8. The Labute approximate surface area is 376 Å². The zero-order valence-corrected chi connectivity index (χ0v) is 37.1. The molecule has 4 heterocycles. The number of hydrogen-bond donors (Lipinski definition) is 4. The fourth-order valence-corrected chi connectivity index (χ4v) is 8.87. The van der Waals surface area contributed by atoms with Crippen molar-refractivity contribution in [1.82, 2.24) is 14.9 Å². The van der Waals surface area contributed by atoms with Crippen molar-refractivity contribution in [3.63, 3.8) is 0 Å². The van der Waals surface area contributed by atoms with Gasteiger partial charge in [-0.15, -0.1) is 0 Å². The van der Waals surface area contributed by atoms with Crippen LogP contribution in [0.15, 0.2) is 147 Å². The Morgan fingerprint density at radius 2 is 1.08 bits per heavy atom. The summed E-state index contributed by atoms with van der Waals surface area (Å²) in [5.41, 5.74) is 9.61. The Bertz CT molecular complexity index is 2910. The number of H-pyrrole nitrogens is 2. The molecule has 0 bridgehead atoms. The predicted octanol–water partition coefficient (Wildman–Crippen LogP) is 11.2. The molecule has 64 heavy (non-hydrogen) atoms. The molecule has 0 spiro atoms. The number of hydrogen-bond acceptors (Lipinski definition) is 7. The fourth-order valence-electron chi connectivity index (χ4n) is 8.03. The van der Waals surface area contributed by atoms with Crippen molar-refractivity contribution in [2.75, 3.05) is 19.6 Å². The number of nitrogens with zero attached hydrogens (tertiary/aromatic N) is 3. The molecule has 2 aromatic heterocycles. The maximum absolute atomic E-state index is 12.8. The largest absolute Gasteiger partial charge is 0.494 e. The highest BCUT2D eigenvalue weighted by Gasteiger charge is 2.35. The number of aromatic amines is 2. The van der Waals surface area contributed by atoms with Crippen molar-refractivity contribution in [1.29, 1.82) is 0 Å². The minimum absolute atomic E-state index is 0.0343. The molecule has 2 aliphatic rings. The highest BCUT2D eigenvalue weighted by atomic mass is 32.2. The van der Waals surface area contributed by atoms with Gasteiger partial charge in [0.25, 0.3) is 11.8 Å². The maximum Gasteiger partial charge on any atom is 0.280 e. The van der Waals surface area contributed by atoms with Crippen LogP contribution in [0.5, 0.6) is 11.8 Å². The second-order valence-electron chi connectivity index (χ2n) is 15.9. The summed E-state index contributed by atoms with van der Waals surface area (Å²) < 4.78 is 0. The van der Waals surface area contributed by atoms with E-state index in [2.05, 4.69) is 50.8 Å². The van der Waals surface area contributed by atoms with Gasteiger partial charge in [0.15, 0.2) is 17.5 Å². The molecule has 0 saturated carbocycles. The van der Waals surface area contributed by atoms with Gasteiger partial charge >= 0.3 is 0 Å². The average Bonchev–Trinajstić information content (AvgIpc) is 4.06. The van der Waals surface area contributed by atoms with E-state index in [4.69, 9.17) is 0 Å². The van der Waals surface area contributed by atoms with E-state index >= 15 is 0 Å². The lowest BCUT2D eigenvalue weighted by molar-refractivity contribution is 0.0975. The first-order valence-electron chi connectivity index (χ1n) is 21.5. The monoisotopic (exact) mass is 867 g/mol. The summed E-state index contributed by atoms with van der Waals surface area (Å²) in [6, 6.07) is 40.8. The molecule has 2 amide bonds.